The molecule has 2 aromatic carbocycles. The van der Waals surface area contributed by atoms with Crippen LogP contribution in [0, 0.1) is 6.92 Å². The van der Waals surface area contributed by atoms with E-state index in [2.05, 4.69) is 26.6 Å². The van der Waals surface area contributed by atoms with Crippen LogP contribution in [0.3, 0.4) is 0 Å². The SMILES string of the molecule is Cc1ccc(NC(=O)c2ccc3c(c2)NC(=O)[C@@H](C)S3)c(Br)c1. The zero-order chi connectivity index (χ0) is 16.6. The van der Waals surface area contributed by atoms with Crippen molar-refractivity contribution >= 4 is 50.9 Å². The van der Waals surface area contributed by atoms with Crippen LogP contribution in [0.25, 0.3) is 0 Å². The molecular formula is C17H15BrN2O2S. The lowest BCUT2D eigenvalue weighted by atomic mass is 10.1. The summed E-state index contributed by atoms with van der Waals surface area (Å²) in [7, 11) is 0. The Hall–Kier alpha value is -1.79. The molecule has 2 amide bonds. The number of thioether (sulfide) groups is 1. The number of hydrogen-bond acceptors (Lipinski definition) is 3. The Kier molecular flexibility index (Phi) is 4.46. The Morgan fingerprint density at radius 3 is 2.78 bits per heavy atom. The summed E-state index contributed by atoms with van der Waals surface area (Å²) in [4.78, 5) is 25.2. The maximum Gasteiger partial charge on any atom is 0.255 e. The van der Waals surface area contributed by atoms with Gasteiger partial charge in [-0.1, -0.05) is 6.07 Å². The molecule has 3 rings (SSSR count). The molecule has 0 saturated carbocycles. The number of anilines is 2. The molecule has 1 atom stereocenters. The smallest absolute Gasteiger partial charge is 0.255 e. The fourth-order valence-corrected chi connectivity index (χ4v) is 3.79. The average molecular weight is 391 g/mol. The summed E-state index contributed by atoms with van der Waals surface area (Å²) in [5, 5.41) is 5.59. The van der Waals surface area contributed by atoms with Crippen LogP contribution in [-0.4, -0.2) is 17.1 Å². The van der Waals surface area contributed by atoms with Gasteiger partial charge in [0.1, 0.15) is 0 Å². The third kappa shape index (κ3) is 3.43. The van der Waals surface area contributed by atoms with E-state index in [4.69, 9.17) is 0 Å². The third-order valence-electron chi connectivity index (χ3n) is 3.55. The number of benzene rings is 2. The van der Waals surface area contributed by atoms with E-state index in [1.54, 1.807) is 12.1 Å². The minimum atomic E-state index is -0.213. The molecule has 0 aliphatic carbocycles. The van der Waals surface area contributed by atoms with E-state index >= 15 is 0 Å². The summed E-state index contributed by atoms with van der Waals surface area (Å²) >= 11 is 4.94. The summed E-state index contributed by atoms with van der Waals surface area (Å²) in [5.41, 5.74) is 3.02. The van der Waals surface area contributed by atoms with Gasteiger partial charge in [0, 0.05) is 14.9 Å². The fourth-order valence-electron chi connectivity index (χ4n) is 2.27. The first-order chi connectivity index (χ1) is 10.9. The Balaban J connectivity index is 1.83. The highest BCUT2D eigenvalue weighted by atomic mass is 79.9. The number of rotatable bonds is 2. The molecule has 0 radical (unpaired) electrons. The van der Waals surface area contributed by atoms with E-state index in [9.17, 15) is 9.59 Å². The molecule has 118 valence electrons. The molecule has 0 spiro atoms. The van der Waals surface area contributed by atoms with Gasteiger partial charge >= 0.3 is 0 Å². The van der Waals surface area contributed by atoms with Crippen molar-refractivity contribution in [2.75, 3.05) is 10.6 Å². The number of carbonyl (C=O) groups excluding carboxylic acids is 2. The minimum Gasteiger partial charge on any atom is -0.324 e. The van der Waals surface area contributed by atoms with Gasteiger partial charge in [-0.15, -0.1) is 11.8 Å². The summed E-state index contributed by atoms with van der Waals surface area (Å²) in [6.45, 7) is 3.85. The molecule has 0 bridgehead atoms. The predicted molar refractivity (Wildman–Crippen MR) is 97.2 cm³/mol. The second-order valence-corrected chi connectivity index (χ2v) is 7.63. The first-order valence-corrected chi connectivity index (χ1v) is 8.80. The number of carbonyl (C=O) groups is 2. The molecule has 4 nitrogen and oxygen atoms in total. The van der Waals surface area contributed by atoms with Crippen LogP contribution >= 0.6 is 27.7 Å². The van der Waals surface area contributed by atoms with Gasteiger partial charge < -0.3 is 10.6 Å². The highest BCUT2D eigenvalue weighted by molar-refractivity contribution is 9.10. The summed E-state index contributed by atoms with van der Waals surface area (Å²) in [6.07, 6.45) is 0. The minimum absolute atomic E-state index is 0.0404. The molecule has 1 aliphatic heterocycles. The Bertz CT molecular complexity index is 807. The lowest BCUT2D eigenvalue weighted by Crippen LogP contribution is -2.26. The van der Waals surface area contributed by atoms with Crippen LogP contribution in [0.5, 0.6) is 0 Å². The van der Waals surface area contributed by atoms with Crippen LogP contribution in [0.4, 0.5) is 11.4 Å². The number of nitrogens with one attached hydrogen (secondary N) is 2. The maximum atomic E-state index is 12.4. The molecule has 2 aromatic rings. The summed E-state index contributed by atoms with van der Waals surface area (Å²) in [5.74, 6) is -0.253. The predicted octanol–water partition coefficient (Wildman–Crippen LogP) is 4.44. The van der Waals surface area contributed by atoms with E-state index in [0.717, 1.165) is 14.9 Å². The Morgan fingerprint density at radius 1 is 1.26 bits per heavy atom. The van der Waals surface area contributed by atoms with Gasteiger partial charge in [-0.25, -0.2) is 0 Å². The monoisotopic (exact) mass is 390 g/mol. The van der Waals surface area contributed by atoms with Crippen LogP contribution in [0.15, 0.2) is 45.8 Å². The standard InChI is InChI=1S/C17H15BrN2O2S/c1-9-3-5-13(12(18)7-9)19-17(22)11-4-6-15-14(8-11)20-16(21)10(2)23-15/h3-8,10H,1-2H3,(H,19,22)(H,20,21)/t10-/m1/s1. The average Bonchev–Trinajstić information content (AvgIpc) is 2.50. The van der Waals surface area contributed by atoms with Crippen molar-refractivity contribution in [1.82, 2.24) is 0 Å². The number of halogens is 1. The highest BCUT2D eigenvalue weighted by Crippen LogP contribution is 2.36. The molecule has 0 aromatic heterocycles. The zero-order valence-electron chi connectivity index (χ0n) is 12.6. The second-order valence-electron chi connectivity index (χ2n) is 5.40. The quantitative estimate of drug-likeness (QED) is 0.796. The normalized spacial score (nSPS) is 16.5. The molecule has 0 unspecified atom stereocenters. The van der Waals surface area contributed by atoms with Gasteiger partial charge in [0.15, 0.2) is 0 Å². The molecule has 6 heteroatoms. The van der Waals surface area contributed by atoms with E-state index in [1.165, 1.54) is 11.8 Å². The van der Waals surface area contributed by atoms with Crippen molar-refractivity contribution in [1.29, 1.82) is 0 Å². The topological polar surface area (TPSA) is 58.2 Å². The van der Waals surface area contributed by atoms with Crippen molar-refractivity contribution in [2.24, 2.45) is 0 Å². The molecule has 1 heterocycles. The lowest BCUT2D eigenvalue weighted by Gasteiger charge is -2.21. The molecule has 0 fully saturated rings. The van der Waals surface area contributed by atoms with Crippen LogP contribution < -0.4 is 10.6 Å². The number of amides is 2. The van der Waals surface area contributed by atoms with Crippen molar-refractivity contribution in [3.8, 4) is 0 Å². The highest BCUT2D eigenvalue weighted by Gasteiger charge is 2.23. The molecule has 2 N–H and O–H groups in total. The van der Waals surface area contributed by atoms with Crippen LogP contribution in [0.2, 0.25) is 0 Å². The van der Waals surface area contributed by atoms with Gasteiger partial charge in [-0.3, -0.25) is 9.59 Å². The first-order valence-electron chi connectivity index (χ1n) is 7.13. The third-order valence-corrected chi connectivity index (χ3v) is 5.38. The lowest BCUT2D eigenvalue weighted by molar-refractivity contribution is -0.115. The number of aryl methyl sites for hydroxylation is 1. The molecule has 0 saturated heterocycles. The number of hydrogen-bond donors (Lipinski definition) is 2. The summed E-state index contributed by atoms with van der Waals surface area (Å²) in [6, 6.07) is 11.1. The van der Waals surface area contributed by atoms with E-state index in [-0.39, 0.29) is 17.1 Å². The Morgan fingerprint density at radius 2 is 2.04 bits per heavy atom. The Labute approximate surface area is 147 Å². The zero-order valence-corrected chi connectivity index (χ0v) is 15.0. The number of fused-ring (bicyclic) bond motifs is 1. The van der Waals surface area contributed by atoms with E-state index in [1.807, 2.05) is 38.1 Å². The second kappa shape index (κ2) is 6.37. The van der Waals surface area contributed by atoms with Crippen LogP contribution in [-0.2, 0) is 4.79 Å². The fraction of sp³-hybridized carbons (Fsp3) is 0.176. The first kappa shape index (κ1) is 16.1. The van der Waals surface area contributed by atoms with Gasteiger partial charge in [-0.2, -0.15) is 0 Å². The van der Waals surface area contributed by atoms with Crippen molar-refractivity contribution in [3.05, 3.63) is 52.0 Å². The van der Waals surface area contributed by atoms with Crippen molar-refractivity contribution < 1.29 is 9.59 Å². The van der Waals surface area contributed by atoms with E-state index < -0.39 is 0 Å². The van der Waals surface area contributed by atoms with Crippen molar-refractivity contribution in [2.45, 2.75) is 24.0 Å². The molecular weight excluding hydrogens is 376 g/mol. The van der Waals surface area contributed by atoms with Crippen LogP contribution in [0.1, 0.15) is 22.8 Å². The largest absolute Gasteiger partial charge is 0.324 e. The van der Waals surface area contributed by atoms with Crippen molar-refractivity contribution in [3.63, 3.8) is 0 Å². The van der Waals surface area contributed by atoms with Gasteiger partial charge in [-0.05, 0) is 65.7 Å². The van der Waals surface area contributed by atoms with Gasteiger partial charge in [0.2, 0.25) is 5.91 Å². The maximum absolute atomic E-state index is 12.4. The van der Waals surface area contributed by atoms with E-state index in [0.29, 0.717) is 16.9 Å². The van der Waals surface area contributed by atoms with Gasteiger partial charge in [0.05, 0.1) is 16.6 Å². The summed E-state index contributed by atoms with van der Waals surface area (Å²) < 4.78 is 0.835. The van der Waals surface area contributed by atoms with Gasteiger partial charge in [0.25, 0.3) is 5.91 Å². The molecule has 1 aliphatic rings. The molecule has 23 heavy (non-hydrogen) atoms.